The zero-order chi connectivity index (χ0) is 23.5. The molecule has 3 aromatic rings. The van der Waals surface area contributed by atoms with Crippen molar-refractivity contribution in [1.82, 2.24) is 0 Å². The number of ether oxygens (including phenoxy) is 4. The van der Waals surface area contributed by atoms with E-state index in [0.29, 0.717) is 17.7 Å². The van der Waals surface area contributed by atoms with E-state index in [1.165, 1.54) is 12.1 Å². The maximum absolute atomic E-state index is 13.6. The molecule has 5 nitrogen and oxygen atoms in total. The van der Waals surface area contributed by atoms with E-state index in [1.54, 1.807) is 19.2 Å². The number of halogens is 1. The zero-order valence-electron chi connectivity index (χ0n) is 19.0. The van der Waals surface area contributed by atoms with Crippen LogP contribution in [0.5, 0.6) is 5.75 Å². The lowest BCUT2D eigenvalue weighted by molar-refractivity contribution is -0.164. The molecule has 1 aliphatic heterocycles. The molecule has 0 bridgehead atoms. The minimum Gasteiger partial charge on any atom is -0.497 e. The number of hydrogen-bond acceptors (Lipinski definition) is 5. The summed E-state index contributed by atoms with van der Waals surface area (Å²) in [7, 11) is 1.61. The monoisotopic (exact) mass is 452 g/mol. The van der Waals surface area contributed by atoms with Crippen molar-refractivity contribution >= 4 is 0 Å². The number of rotatable bonds is 8. The van der Waals surface area contributed by atoms with E-state index in [4.69, 9.17) is 18.9 Å². The number of aliphatic hydroxyl groups is 1. The molecule has 4 rings (SSSR count). The van der Waals surface area contributed by atoms with E-state index in [2.05, 4.69) is 0 Å². The third-order valence-corrected chi connectivity index (χ3v) is 5.86. The van der Waals surface area contributed by atoms with Gasteiger partial charge in [0.1, 0.15) is 29.4 Å². The maximum Gasteiger partial charge on any atom is 0.163 e. The average molecular weight is 453 g/mol. The predicted molar refractivity (Wildman–Crippen MR) is 122 cm³/mol. The highest BCUT2D eigenvalue weighted by atomic mass is 19.1. The molecule has 1 heterocycles. The van der Waals surface area contributed by atoms with Crippen molar-refractivity contribution in [1.29, 1.82) is 0 Å². The molecule has 3 atom stereocenters. The highest BCUT2D eigenvalue weighted by molar-refractivity contribution is 5.36. The molecule has 3 aromatic carbocycles. The van der Waals surface area contributed by atoms with Gasteiger partial charge in [0.05, 0.1) is 20.3 Å². The van der Waals surface area contributed by atoms with Gasteiger partial charge in [0, 0.05) is 0 Å². The number of hydrogen-bond donors (Lipinski definition) is 1. The summed E-state index contributed by atoms with van der Waals surface area (Å²) in [4.78, 5) is 0. The highest BCUT2D eigenvalue weighted by Crippen LogP contribution is 2.37. The Kier molecular flexibility index (Phi) is 6.81. The van der Waals surface area contributed by atoms with Crippen molar-refractivity contribution in [2.75, 3.05) is 20.3 Å². The van der Waals surface area contributed by atoms with Gasteiger partial charge in [0.2, 0.25) is 0 Å². The first-order valence-electron chi connectivity index (χ1n) is 10.9. The smallest absolute Gasteiger partial charge is 0.163 e. The van der Waals surface area contributed by atoms with Crippen LogP contribution in [0.15, 0.2) is 78.9 Å². The lowest BCUT2D eigenvalue weighted by Crippen LogP contribution is -2.36. The first kappa shape index (κ1) is 23.4. The summed E-state index contributed by atoms with van der Waals surface area (Å²) in [5, 5.41) is 11.8. The molecule has 0 radical (unpaired) electrons. The van der Waals surface area contributed by atoms with Crippen LogP contribution in [-0.2, 0) is 19.8 Å². The van der Waals surface area contributed by atoms with Crippen molar-refractivity contribution in [3.63, 3.8) is 0 Å². The lowest BCUT2D eigenvalue weighted by Gasteiger charge is -2.33. The first-order valence-corrected chi connectivity index (χ1v) is 10.9. The van der Waals surface area contributed by atoms with Gasteiger partial charge in [0.25, 0.3) is 0 Å². The fraction of sp³-hybridized carbons (Fsp3) is 0.333. The number of methoxy groups -OCH3 is 1. The van der Waals surface area contributed by atoms with Crippen LogP contribution in [0.2, 0.25) is 0 Å². The Balaban J connectivity index is 1.66. The van der Waals surface area contributed by atoms with Gasteiger partial charge in [-0.1, -0.05) is 54.6 Å². The molecule has 1 N–H and O–H groups in total. The van der Waals surface area contributed by atoms with Crippen LogP contribution in [0, 0.1) is 5.82 Å². The van der Waals surface area contributed by atoms with Gasteiger partial charge in [-0.05, 0) is 54.8 Å². The van der Waals surface area contributed by atoms with Crippen molar-refractivity contribution in [3.05, 3.63) is 101 Å². The fourth-order valence-corrected chi connectivity index (χ4v) is 4.06. The quantitative estimate of drug-likeness (QED) is 0.523. The number of benzene rings is 3. The summed E-state index contributed by atoms with van der Waals surface area (Å²) in [6, 6.07) is 22.6. The zero-order valence-corrected chi connectivity index (χ0v) is 19.0. The van der Waals surface area contributed by atoms with Crippen LogP contribution < -0.4 is 4.74 Å². The molecule has 0 aliphatic carbocycles. The lowest BCUT2D eigenvalue weighted by atomic mass is 9.87. The Bertz CT molecular complexity index is 1040. The Morgan fingerprint density at radius 3 is 2.21 bits per heavy atom. The molecular formula is C27H29FO5. The second-order valence-corrected chi connectivity index (χ2v) is 8.61. The molecular weight excluding hydrogens is 423 g/mol. The summed E-state index contributed by atoms with van der Waals surface area (Å²) in [5.41, 5.74) is 0.562. The van der Waals surface area contributed by atoms with Gasteiger partial charge < -0.3 is 24.1 Å². The van der Waals surface area contributed by atoms with Crippen molar-refractivity contribution in [2.45, 2.75) is 37.4 Å². The largest absolute Gasteiger partial charge is 0.497 e. The van der Waals surface area contributed by atoms with E-state index in [9.17, 15) is 9.50 Å². The van der Waals surface area contributed by atoms with Crippen LogP contribution in [0.25, 0.3) is 0 Å². The second kappa shape index (κ2) is 9.61. The second-order valence-electron chi connectivity index (χ2n) is 8.61. The summed E-state index contributed by atoms with van der Waals surface area (Å²) < 4.78 is 37.2. The van der Waals surface area contributed by atoms with Crippen LogP contribution in [0.1, 0.15) is 36.6 Å². The SMILES string of the molecule is COc1ccc([C@@H](OC[C@@](O)(c2ccccc2)c2ccc(F)cc2)[C@H]2COC(C)(C)O2)cc1. The van der Waals surface area contributed by atoms with Gasteiger partial charge in [-0.15, -0.1) is 0 Å². The van der Waals surface area contributed by atoms with E-state index >= 15 is 0 Å². The third kappa shape index (κ3) is 5.25. The minimum atomic E-state index is -1.49. The van der Waals surface area contributed by atoms with Crippen LogP contribution >= 0.6 is 0 Å². The summed E-state index contributed by atoms with van der Waals surface area (Å²) in [6.07, 6.45) is -0.880. The van der Waals surface area contributed by atoms with E-state index in [0.717, 1.165) is 11.3 Å². The molecule has 1 fully saturated rings. The Morgan fingerprint density at radius 1 is 1.00 bits per heavy atom. The van der Waals surface area contributed by atoms with Crippen LogP contribution in [0.3, 0.4) is 0 Å². The van der Waals surface area contributed by atoms with E-state index in [-0.39, 0.29) is 18.5 Å². The topological polar surface area (TPSA) is 57.2 Å². The molecule has 1 saturated heterocycles. The Hall–Kier alpha value is -2.77. The van der Waals surface area contributed by atoms with Gasteiger partial charge >= 0.3 is 0 Å². The molecule has 0 amide bonds. The Labute approximate surface area is 193 Å². The molecule has 0 saturated carbocycles. The molecule has 6 heteroatoms. The van der Waals surface area contributed by atoms with Crippen LogP contribution in [-0.4, -0.2) is 37.3 Å². The summed E-state index contributed by atoms with van der Waals surface area (Å²) in [5.74, 6) is -0.371. The fourth-order valence-electron chi connectivity index (χ4n) is 4.06. The van der Waals surface area contributed by atoms with Gasteiger partial charge in [-0.25, -0.2) is 4.39 Å². The van der Waals surface area contributed by atoms with Gasteiger partial charge in [-0.2, -0.15) is 0 Å². The normalized spacial score (nSPS) is 20.2. The van der Waals surface area contributed by atoms with E-state index in [1.807, 2.05) is 68.4 Å². The van der Waals surface area contributed by atoms with Crippen molar-refractivity contribution < 1.29 is 28.4 Å². The highest BCUT2D eigenvalue weighted by Gasteiger charge is 2.41. The first-order chi connectivity index (χ1) is 15.8. The summed E-state index contributed by atoms with van der Waals surface area (Å²) in [6.45, 7) is 4.00. The minimum absolute atomic E-state index is 0.0698. The van der Waals surface area contributed by atoms with Gasteiger partial charge in [-0.3, -0.25) is 0 Å². The Morgan fingerprint density at radius 2 is 1.64 bits per heavy atom. The van der Waals surface area contributed by atoms with Crippen molar-refractivity contribution in [2.24, 2.45) is 0 Å². The van der Waals surface area contributed by atoms with E-state index < -0.39 is 17.5 Å². The third-order valence-electron chi connectivity index (χ3n) is 5.86. The standard InChI is InChI=1S/C27H29FO5/c1-26(2)32-17-24(33-26)25(19-9-15-23(30-3)16-10-19)31-18-27(29,20-7-5-4-6-8-20)21-11-13-22(28)14-12-21/h4-16,24-25,29H,17-18H2,1-3H3/t24-,25-,27-/m1/s1. The molecule has 1 aliphatic rings. The molecule has 0 aromatic heterocycles. The predicted octanol–water partition coefficient (Wildman–Crippen LogP) is 4.98. The molecule has 0 spiro atoms. The molecule has 174 valence electrons. The summed E-state index contributed by atoms with van der Waals surface area (Å²) >= 11 is 0. The van der Waals surface area contributed by atoms with Crippen molar-refractivity contribution in [3.8, 4) is 5.75 Å². The molecule has 33 heavy (non-hydrogen) atoms. The van der Waals surface area contributed by atoms with Crippen LogP contribution in [0.4, 0.5) is 4.39 Å². The maximum atomic E-state index is 13.6. The molecule has 0 unspecified atom stereocenters. The average Bonchev–Trinajstić information content (AvgIpc) is 3.19. The van der Waals surface area contributed by atoms with Gasteiger partial charge in [0.15, 0.2) is 5.79 Å².